The highest BCUT2D eigenvalue weighted by atomic mass is 19.3. The van der Waals surface area contributed by atoms with Crippen LogP contribution < -0.4 is 5.32 Å². The molecule has 0 bridgehead atoms. The number of halogens is 2. The number of amides is 1. The molecule has 1 aliphatic rings. The second-order valence-electron chi connectivity index (χ2n) is 6.71. The number of allylic oxidation sites excluding steroid dienone is 1. The van der Waals surface area contributed by atoms with Crippen molar-refractivity contribution in [1.29, 1.82) is 5.26 Å². The molecule has 0 aliphatic carbocycles. The molecule has 0 atom stereocenters. The summed E-state index contributed by atoms with van der Waals surface area (Å²) in [4.78, 5) is 20.0. The van der Waals surface area contributed by atoms with Crippen LogP contribution in [0.25, 0.3) is 0 Å². The zero-order chi connectivity index (χ0) is 21.4. The smallest absolute Gasteiger partial charge is 0.270 e. The number of nitrogens with one attached hydrogen (secondary N) is 1. The molecule has 1 aliphatic heterocycles. The molecule has 0 unspecified atom stereocenters. The summed E-state index contributed by atoms with van der Waals surface area (Å²) in [5.41, 5.74) is 1.09. The number of nitriles is 1. The molecule has 1 amide bonds. The summed E-state index contributed by atoms with van der Waals surface area (Å²) in [6.45, 7) is 8.83. The van der Waals surface area contributed by atoms with E-state index in [2.05, 4.69) is 16.9 Å². The highest BCUT2D eigenvalue weighted by molar-refractivity contribution is 6.00. The third-order valence-corrected chi connectivity index (χ3v) is 4.47. The Balaban J connectivity index is 2.08. The van der Waals surface area contributed by atoms with Gasteiger partial charge in [-0.3, -0.25) is 4.79 Å². The summed E-state index contributed by atoms with van der Waals surface area (Å²) in [6.07, 6.45) is 3.31. The van der Waals surface area contributed by atoms with Crippen molar-refractivity contribution in [2.75, 3.05) is 31.5 Å². The molecule has 0 aromatic heterocycles. The number of aliphatic imine (C=N–C) groups is 1. The average Bonchev–Trinajstić information content (AvgIpc) is 2.68. The second kappa shape index (κ2) is 9.82. The van der Waals surface area contributed by atoms with Crippen LogP contribution in [0.4, 0.5) is 14.5 Å². The van der Waals surface area contributed by atoms with E-state index in [1.165, 1.54) is 12.1 Å². The summed E-state index contributed by atoms with van der Waals surface area (Å²) >= 11 is 0. The number of anilines is 1. The molecule has 2 rings (SSSR count). The molecule has 1 N–H and O–H groups in total. The lowest BCUT2D eigenvalue weighted by Crippen LogP contribution is -2.51. The Morgan fingerprint density at radius 1 is 1.28 bits per heavy atom. The molecule has 29 heavy (non-hydrogen) atoms. The van der Waals surface area contributed by atoms with Gasteiger partial charge in [-0.25, -0.2) is 13.8 Å². The zero-order valence-corrected chi connectivity index (χ0v) is 16.7. The Morgan fingerprint density at radius 2 is 1.86 bits per heavy atom. The van der Waals surface area contributed by atoms with E-state index >= 15 is 0 Å². The topological polar surface area (TPSA) is 71.7 Å². The van der Waals surface area contributed by atoms with Gasteiger partial charge in [0.2, 0.25) is 5.91 Å². The van der Waals surface area contributed by atoms with Crippen LogP contribution in [0, 0.1) is 11.3 Å². The van der Waals surface area contributed by atoms with Crippen LogP contribution in [0.15, 0.2) is 53.8 Å². The van der Waals surface area contributed by atoms with Crippen LogP contribution in [-0.4, -0.2) is 47.7 Å². The first-order valence-corrected chi connectivity index (χ1v) is 9.29. The van der Waals surface area contributed by atoms with E-state index in [9.17, 15) is 13.6 Å². The summed E-state index contributed by atoms with van der Waals surface area (Å²) in [5.74, 6) is -2.46. The fourth-order valence-electron chi connectivity index (χ4n) is 2.92. The maximum absolute atomic E-state index is 13.4. The van der Waals surface area contributed by atoms with Gasteiger partial charge in [0.05, 0.1) is 11.8 Å². The largest absolute Gasteiger partial charge is 0.353 e. The van der Waals surface area contributed by atoms with Crippen LogP contribution in [0.1, 0.15) is 25.8 Å². The van der Waals surface area contributed by atoms with Gasteiger partial charge in [0, 0.05) is 50.6 Å². The molecular weight excluding hydrogens is 376 g/mol. The number of nitrogens with zero attached hydrogens (tertiary/aromatic N) is 4. The number of hydrogen-bond acceptors (Lipinski definition) is 4. The molecule has 6 nitrogen and oxygen atoms in total. The van der Waals surface area contributed by atoms with Gasteiger partial charge in [-0.2, -0.15) is 5.26 Å². The fourth-order valence-corrected chi connectivity index (χ4v) is 2.92. The van der Waals surface area contributed by atoms with Crippen LogP contribution in [0.3, 0.4) is 0 Å². The van der Waals surface area contributed by atoms with E-state index in [1.54, 1.807) is 29.3 Å². The Hall–Kier alpha value is -3.21. The number of rotatable bonds is 6. The third-order valence-electron chi connectivity index (χ3n) is 4.47. The maximum Gasteiger partial charge on any atom is 0.270 e. The van der Waals surface area contributed by atoms with Gasteiger partial charge in [-0.05, 0) is 19.1 Å². The highest BCUT2D eigenvalue weighted by Gasteiger charge is 2.25. The van der Waals surface area contributed by atoms with Crippen molar-refractivity contribution in [2.24, 2.45) is 4.99 Å². The van der Waals surface area contributed by atoms with Crippen molar-refractivity contribution < 1.29 is 13.6 Å². The zero-order valence-electron chi connectivity index (χ0n) is 16.7. The molecule has 8 heteroatoms. The van der Waals surface area contributed by atoms with E-state index in [1.807, 2.05) is 17.9 Å². The lowest BCUT2D eigenvalue weighted by Gasteiger charge is -2.36. The Labute approximate surface area is 169 Å². The van der Waals surface area contributed by atoms with E-state index in [-0.39, 0.29) is 17.9 Å². The maximum atomic E-state index is 13.4. The monoisotopic (exact) mass is 401 g/mol. The average molecular weight is 401 g/mol. The molecule has 154 valence electrons. The first-order valence-electron chi connectivity index (χ1n) is 9.29. The highest BCUT2D eigenvalue weighted by Crippen LogP contribution is 2.28. The number of amidine groups is 1. The van der Waals surface area contributed by atoms with E-state index in [0.717, 1.165) is 6.92 Å². The van der Waals surface area contributed by atoms with E-state index in [4.69, 9.17) is 5.26 Å². The molecule has 1 saturated heterocycles. The number of hydrogen-bond donors (Lipinski definition) is 1. The Morgan fingerprint density at radius 3 is 2.38 bits per heavy atom. The standard InChI is InChI=1S/C21H25F2N5O/c1-4-11-25-20(28-14-12-27(13-15-28)19(29)9-10-24)16(2)26-18-7-5-17(6-8-18)21(3,22)23/h4-8,11,26H,2,9,12-15H2,1,3H3/b11-4-,25-20?. The summed E-state index contributed by atoms with van der Waals surface area (Å²) in [5, 5.41) is 11.8. The Bertz CT molecular complexity index is 826. The van der Waals surface area contributed by atoms with Crippen LogP contribution in [-0.2, 0) is 10.7 Å². The minimum absolute atomic E-state index is 0.0605. The SMILES string of the molecule is C=C(Nc1ccc(C(C)(F)F)cc1)C(=N/C=C\C)N1CCN(C(=O)CC#N)CC1. The van der Waals surface area contributed by atoms with Crippen molar-refractivity contribution >= 4 is 17.4 Å². The van der Waals surface area contributed by atoms with Gasteiger partial charge in [0.15, 0.2) is 5.84 Å². The summed E-state index contributed by atoms with van der Waals surface area (Å²) < 4.78 is 26.8. The first-order chi connectivity index (χ1) is 13.8. The van der Waals surface area contributed by atoms with Gasteiger partial charge >= 0.3 is 0 Å². The van der Waals surface area contributed by atoms with Crippen LogP contribution >= 0.6 is 0 Å². The predicted octanol–water partition coefficient (Wildman–Crippen LogP) is 3.71. The summed E-state index contributed by atoms with van der Waals surface area (Å²) in [6, 6.07) is 7.77. The van der Waals surface area contributed by atoms with Crippen molar-refractivity contribution in [3.05, 3.63) is 54.4 Å². The quantitative estimate of drug-likeness (QED) is 0.583. The van der Waals surface area contributed by atoms with E-state index < -0.39 is 5.92 Å². The molecule has 1 aromatic rings. The van der Waals surface area contributed by atoms with Gasteiger partial charge in [0.1, 0.15) is 6.42 Å². The number of carbonyl (C=O) groups is 1. The molecular formula is C21H25F2N5O. The van der Waals surface area contributed by atoms with Gasteiger partial charge in [-0.1, -0.05) is 24.8 Å². The minimum atomic E-state index is -2.89. The molecule has 0 spiro atoms. The minimum Gasteiger partial charge on any atom is -0.353 e. The van der Waals surface area contributed by atoms with Crippen LogP contribution in [0.2, 0.25) is 0 Å². The van der Waals surface area contributed by atoms with E-state index in [0.29, 0.717) is 43.4 Å². The lowest BCUT2D eigenvalue weighted by atomic mass is 10.1. The third kappa shape index (κ3) is 6.14. The number of piperazine rings is 1. The summed E-state index contributed by atoms with van der Waals surface area (Å²) in [7, 11) is 0. The Kier molecular flexibility index (Phi) is 7.48. The van der Waals surface area contributed by atoms with Gasteiger partial charge in [0.25, 0.3) is 5.92 Å². The molecule has 0 saturated carbocycles. The number of alkyl halides is 2. The van der Waals surface area contributed by atoms with Crippen LogP contribution in [0.5, 0.6) is 0 Å². The normalized spacial score (nSPS) is 15.3. The van der Waals surface area contributed by atoms with Crippen molar-refractivity contribution in [3.63, 3.8) is 0 Å². The molecule has 1 fully saturated rings. The molecule has 1 aromatic carbocycles. The first kappa shape index (κ1) is 22.1. The molecule has 1 heterocycles. The number of benzene rings is 1. The lowest BCUT2D eigenvalue weighted by molar-refractivity contribution is -0.131. The molecule has 0 radical (unpaired) electrons. The fraction of sp³-hybridized carbons (Fsp3) is 0.381. The number of carbonyl (C=O) groups excluding carboxylic acids is 1. The van der Waals surface area contributed by atoms with Crippen molar-refractivity contribution in [1.82, 2.24) is 9.80 Å². The van der Waals surface area contributed by atoms with Crippen molar-refractivity contribution in [2.45, 2.75) is 26.2 Å². The predicted molar refractivity (Wildman–Crippen MR) is 109 cm³/mol. The van der Waals surface area contributed by atoms with Crippen molar-refractivity contribution in [3.8, 4) is 6.07 Å². The van der Waals surface area contributed by atoms with Gasteiger partial charge in [-0.15, -0.1) is 0 Å². The van der Waals surface area contributed by atoms with Gasteiger partial charge < -0.3 is 15.1 Å². The second-order valence-corrected chi connectivity index (χ2v) is 6.71.